The molecule has 15 heavy (non-hydrogen) atoms. The third-order valence-corrected chi connectivity index (χ3v) is 2.86. The Kier molecular flexibility index (Phi) is 3.92. The lowest BCUT2D eigenvalue weighted by Crippen LogP contribution is -2.27. The average Bonchev–Trinajstić information content (AvgIpc) is 2.10. The molecule has 1 rings (SSSR count). The highest BCUT2D eigenvalue weighted by molar-refractivity contribution is 5.31. The Bertz CT molecular complexity index is 326. The lowest BCUT2D eigenvalue weighted by atomic mass is 9.89. The molecule has 1 atom stereocenters. The van der Waals surface area contributed by atoms with Crippen molar-refractivity contribution in [3.63, 3.8) is 0 Å². The molecule has 0 aliphatic carbocycles. The summed E-state index contributed by atoms with van der Waals surface area (Å²) in [6.45, 7) is 8.24. The van der Waals surface area contributed by atoms with Gasteiger partial charge in [0.25, 0.3) is 0 Å². The fraction of sp³-hybridized carbons (Fsp3) is 0.571. The van der Waals surface area contributed by atoms with E-state index in [0.29, 0.717) is 0 Å². The van der Waals surface area contributed by atoms with Crippen molar-refractivity contribution in [2.24, 2.45) is 0 Å². The molecule has 0 amide bonds. The Hall–Kier alpha value is -0.820. The van der Waals surface area contributed by atoms with Crippen LogP contribution in [-0.2, 0) is 6.42 Å². The van der Waals surface area contributed by atoms with Crippen molar-refractivity contribution in [2.45, 2.75) is 52.6 Å². The fourth-order valence-electron chi connectivity index (χ4n) is 2.03. The lowest BCUT2D eigenvalue weighted by molar-refractivity contribution is 0.0504. The molecular formula is C14H22O. The normalized spacial score (nSPS) is 15.0. The van der Waals surface area contributed by atoms with Crippen molar-refractivity contribution < 1.29 is 5.11 Å². The summed E-state index contributed by atoms with van der Waals surface area (Å²) >= 11 is 0. The second kappa shape index (κ2) is 4.80. The van der Waals surface area contributed by atoms with Crippen LogP contribution in [0.2, 0.25) is 0 Å². The van der Waals surface area contributed by atoms with E-state index in [0.717, 1.165) is 19.3 Å². The zero-order valence-corrected chi connectivity index (χ0v) is 10.3. The number of aryl methyl sites for hydroxylation is 2. The van der Waals surface area contributed by atoms with Crippen LogP contribution in [0.4, 0.5) is 0 Å². The van der Waals surface area contributed by atoms with Crippen molar-refractivity contribution >= 4 is 0 Å². The van der Waals surface area contributed by atoms with Crippen LogP contribution < -0.4 is 0 Å². The minimum absolute atomic E-state index is 0.562. The van der Waals surface area contributed by atoms with Gasteiger partial charge in [-0.15, -0.1) is 0 Å². The second-order valence-corrected chi connectivity index (χ2v) is 4.85. The Morgan fingerprint density at radius 3 is 2.53 bits per heavy atom. The van der Waals surface area contributed by atoms with Gasteiger partial charge in [-0.25, -0.2) is 0 Å². The van der Waals surface area contributed by atoms with Crippen LogP contribution in [0.15, 0.2) is 18.2 Å². The van der Waals surface area contributed by atoms with Crippen molar-refractivity contribution in [1.82, 2.24) is 0 Å². The molecular weight excluding hydrogens is 184 g/mol. The Balaban J connectivity index is 2.83. The fourth-order valence-corrected chi connectivity index (χ4v) is 2.03. The summed E-state index contributed by atoms with van der Waals surface area (Å²) in [6.07, 6.45) is 2.65. The van der Waals surface area contributed by atoms with E-state index in [1.807, 2.05) is 6.92 Å². The van der Waals surface area contributed by atoms with Crippen LogP contribution in [0.1, 0.15) is 43.4 Å². The Morgan fingerprint density at radius 1 is 1.27 bits per heavy atom. The first-order valence-corrected chi connectivity index (χ1v) is 5.73. The van der Waals surface area contributed by atoms with Crippen molar-refractivity contribution in [2.75, 3.05) is 0 Å². The van der Waals surface area contributed by atoms with E-state index in [4.69, 9.17) is 0 Å². The summed E-state index contributed by atoms with van der Waals surface area (Å²) < 4.78 is 0. The predicted octanol–water partition coefficient (Wildman–Crippen LogP) is 3.40. The van der Waals surface area contributed by atoms with E-state index in [1.54, 1.807) is 0 Å². The number of rotatable bonds is 4. The number of aliphatic hydroxyl groups is 1. The molecule has 0 spiro atoms. The molecule has 0 aliphatic rings. The number of hydrogen-bond donors (Lipinski definition) is 1. The van der Waals surface area contributed by atoms with Crippen molar-refractivity contribution in [3.05, 3.63) is 34.9 Å². The first-order chi connectivity index (χ1) is 6.94. The van der Waals surface area contributed by atoms with Gasteiger partial charge in [0, 0.05) is 6.42 Å². The highest BCUT2D eigenvalue weighted by atomic mass is 16.3. The van der Waals surface area contributed by atoms with Gasteiger partial charge in [-0.3, -0.25) is 0 Å². The standard InChI is InChI=1S/C14H22O/c1-5-8-14(4,15)10-13-9-11(2)6-7-12(13)3/h6-7,9,15H,5,8,10H2,1-4H3. The minimum atomic E-state index is -0.562. The summed E-state index contributed by atoms with van der Waals surface area (Å²) in [5, 5.41) is 10.2. The molecule has 1 heteroatoms. The largest absolute Gasteiger partial charge is 0.390 e. The van der Waals surface area contributed by atoms with Gasteiger partial charge < -0.3 is 5.11 Å². The maximum Gasteiger partial charge on any atom is 0.0660 e. The van der Waals surface area contributed by atoms with E-state index >= 15 is 0 Å². The van der Waals surface area contributed by atoms with Gasteiger partial charge in [0.15, 0.2) is 0 Å². The van der Waals surface area contributed by atoms with Gasteiger partial charge in [-0.1, -0.05) is 37.1 Å². The third kappa shape index (κ3) is 3.67. The van der Waals surface area contributed by atoms with Crippen LogP contribution in [0.25, 0.3) is 0 Å². The monoisotopic (exact) mass is 206 g/mol. The zero-order chi connectivity index (χ0) is 11.5. The molecule has 1 N–H and O–H groups in total. The highest BCUT2D eigenvalue weighted by Gasteiger charge is 2.20. The topological polar surface area (TPSA) is 20.2 Å². The smallest absolute Gasteiger partial charge is 0.0660 e. The molecule has 0 fully saturated rings. The summed E-state index contributed by atoms with van der Waals surface area (Å²) in [7, 11) is 0. The summed E-state index contributed by atoms with van der Waals surface area (Å²) in [5.74, 6) is 0. The van der Waals surface area contributed by atoms with Crippen LogP contribution in [0.5, 0.6) is 0 Å². The first-order valence-electron chi connectivity index (χ1n) is 5.73. The summed E-state index contributed by atoms with van der Waals surface area (Å²) in [4.78, 5) is 0. The molecule has 0 heterocycles. The number of hydrogen-bond acceptors (Lipinski definition) is 1. The van der Waals surface area contributed by atoms with Gasteiger partial charge in [-0.05, 0) is 38.3 Å². The molecule has 0 radical (unpaired) electrons. The van der Waals surface area contributed by atoms with Crippen molar-refractivity contribution in [1.29, 1.82) is 0 Å². The zero-order valence-electron chi connectivity index (χ0n) is 10.3. The molecule has 1 aromatic rings. The average molecular weight is 206 g/mol. The first kappa shape index (κ1) is 12.3. The maximum absolute atomic E-state index is 10.2. The molecule has 0 bridgehead atoms. The molecule has 0 aliphatic heterocycles. The van der Waals surface area contributed by atoms with Gasteiger partial charge >= 0.3 is 0 Å². The molecule has 84 valence electrons. The summed E-state index contributed by atoms with van der Waals surface area (Å²) in [6, 6.07) is 6.43. The van der Waals surface area contributed by atoms with Gasteiger partial charge in [0.1, 0.15) is 0 Å². The Morgan fingerprint density at radius 2 is 1.93 bits per heavy atom. The van der Waals surface area contributed by atoms with Crippen LogP contribution in [0, 0.1) is 13.8 Å². The van der Waals surface area contributed by atoms with Crippen LogP contribution in [0.3, 0.4) is 0 Å². The van der Waals surface area contributed by atoms with E-state index in [2.05, 4.69) is 39.0 Å². The molecule has 0 aromatic heterocycles. The van der Waals surface area contributed by atoms with E-state index in [9.17, 15) is 5.11 Å². The minimum Gasteiger partial charge on any atom is -0.390 e. The molecule has 0 saturated heterocycles. The van der Waals surface area contributed by atoms with Gasteiger partial charge in [0.05, 0.1) is 5.60 Å². The van der Waals surface area contributed by atoms with E-state index in [-0.39, 0.29) is 0 Å². The second-order valence-electron chi connectivity index (χ2n) is 4.85. The third-order valence-electron chi connectivity index (χ3n) is 2.86. The predicted molar refractivity (Wildman–Crippen MR) is 65.2 cm³/mol. The quantitative estimate of drug-likeness (QED) is 0.800. The SMILES string of the molecule is CCCC(C)(O)Cc1cc(C)ccc1C. The van der Waals surface area contributed by atoms with E-state index in [1.165, 1.54) is 16.7 Å². The van der Waals surface area contributed by atoms with Crippen LogP contribution in [-0.4, -0.2) is 10.7 Å². The Labute approximate surface area is 93.1 Å². The lowest BCUT2D eigenvalue weighted by Gasteiger charge is -2.23. The van der Waals surface area contributed by atoms with Crippen LogP contribution >= 0.6 is 0 Å². The number of benzene rings is 1. The molecule has 1 aromatic carbocycles. The summed E-state index contributed by atoms with van der Waals surface area (Å²) in [5.41, 5.74) is 3.25. The molecule has 1 unspecified atom stereocenters. The maximum atomic E-state index is 10.2. The van der Waals surface area contributed by atoms with Gasteiger partial charge in [-0.2, -0.15) is 0 Å². The van der Waals surface area contributed by atoms with Gasteiger partial charge in [0.2, 0.25) is 0 Å². The molecule has 0 saturated carbocycles. The van der Waals surface area contributed by atoms with E-state index < -0.39 is 5.60 Å². The highest BCUT2D eigenvalue weighted by Crippen LogP contribution is 2.21. The van der Waals surface area contributed by atoms with Crippen molar-refractivity contribution in [3.8, 4) is 0 Å². The molecule has 1 nitrogen and oxygen atoms in total.